The number of hydrogen-bond acceptors (Lipinski definition) is 6. The van der Waals surface area contributed by atoms with Gasteiger partial charge in [0.05, 0.1) is 10.5 Å². The van der Waals surface area contributed by atoms with Crippen molar-refractivity contribution in [2.75, 3.05) is 6.26 Å². The van der Waals surface area contributed by atoms with Crippen molar-refractivity contribution >= 4 is 26.8 Å². The van der Waals surface area contributed by atoms with Crippen molar-refractivity contribution in [3.63, 3.8) is 0 Å². The summed E-state index contributed by atoms with van der Waals surface area (Å²) in [4.78, 5) is 24.0. The first kappa shape index (κ1) is 17.9. The number of benzene rings is 2. The maximum atomic E-state index is 12.2. The summed E-state index contributed by atoms with van der Waals surface area (Å²) in [6.45, 7) is 1.78. The number of carbonyl (C=O) groups excluding carboxylic acids is 1. The molecule has 3 aromatic rings. The smallest absolute Gasteiger partial charge is 0.338 e. The molecule has 0 aliphatic carbocycles. The van der Waals surface area contributed by atoms with Crippen LogP contribution in [0, 0.1) is 6.92 Å². The minimum atomic E-state index is -3.33. The number of sulfone groups is 1. The lowest BCUT2D eigenvalue weighted by molar-refractivity contribution is 0.0473. The van der Waals surface area contributed by atoms with Crippen LogP contribution in [0.4, 0.5) is 0 Å². The molecule has 1 aromatic heterocycles. The van der Waals surface area contributed by atoms with E-state index in [4.69, 9.17) is 9.15 Å². The fourth-order valence-corrected chi connectivity index (χ4v) is 3.15. The molecule has 0 aliphatic heterocycles. The zero-order valence-electron chi connectivity index (χ0n) is 14.2. The van der Waals surface area contributed by atoms with Crippen LogP contribution in [-0.4, -0.2) is 20.6 Å². The molecule has 0 fully saturated rings. The molecule has 3 rings (SSSR count). The van der Waals surface area contributed by atoms with Gasteiger partial charge in [0.25, 0.3) is 0 Å². The fourth-order valence-electron chi connectivity index (χ4n) is 2.52. The van der Waals surface area contributed by atoms with E-state index in [1.165, 1.54) is 30.3 Å². The maximum Gasteiger partial charge on any atom is 0.338 e. The second-order valence-electron chi connectivity index (χ2n) is 5.96. The Labute approximate surface area is 149 Å². The minimum Gasteiger partial charge on any atom is -0.457 e. The molecule has 0 unspecified atom stereocenters. The summed E-state index contributed by atoms with van der Waals surface area (Å²) in [6, 6.07) is 12.2. The second kappa shape index (κ2) is 6.76. The van der Waals surface area contributed by atoms with Crippen LogP contribution in [0.25, 0.3) is 11.0 Å². The average molecular weight is 372 g/mol. The van der Waals surface area contributed by atoms with Crippen molar-refractivity contribution < 1.29 is 22.4 Å². The fraction of sp³-hybridized carbons (Fsp3) is 0.158. The van der Waals surface area contributed by atoms with Gasteiger partial charge in [-0.2, -0.15) is 0 Å². The third kappa shape index (κ3) is 3.83. The Balaban J connectivity index is 1.82. The Bertz CT molecular complexity index is 1140. The van der Waals surface area contributed by atoms with Crippen molar-refractivity contribution in [3.05, 3.63) is 75.6 Å². The van der Waals surface area contributed by atoms with Gasteiger partial charge in [-0.25, -0.2) is 18.0 Å². The van der Waals surface area contributed by atoms with Gasteiger partial charge >= 0.3 is 11.6 Å². The molecule has 0 bridgehead atoms. The van der Waals surface area contributed by atoms with E-state index in [1.54, 1.807) is 12.1 Å². The maximum absolute atomic E-state index is 12.2. The van der Waals surface area contributed by atoms with Gasteiger partial charge in [0.1, 0.15) is 12.2 Å². The molecular weight excluding hydrogens is 356 g/mol. The first-order chi connectivity index (χ1) is 12.2. The predicted molar refractivity (Wildman–Crippen MR) is 95.9 cm³/mol. The highest BCUT2D eigenvalue weighted by Gasteiger charge is 2.13. The SMILES string of the molecule is Cc1ccc2c(COC(=O)c3ccc(S(C)(=O)=O)cc3)cc(=O)oc2c1. The summed E-state index contributed by atoms with van der Waals surface area (Å²) >= 11 is 0. The molecule has 0 atom stereocenters. The highest BCUT2D eigenvalue weighted by atomic mass is 32.2. The Morgan fingerprint density at radius 3 is 2.42 bits per heavy atom. The Morgan fingerprint density at radius 2 is 1.77 bits per heavy atom. The first-order valence-corrected chi connectivity index (χ1v) is 9.64. The van der Waals surface area contributed by atoms with Gasteiger partial charge in [0, 0.05) is 23.3 Å². The molecule has 0 N–H and O–H groups in total. The summed E-state index contributed by atoms with van der Waals surface area (Å²) in [5.41, 5.74) is 1.62. The Morgan fingerprint density at radius 1 is 1.08 bits per heavy atom. The normalized spacial score (nSPS) is 11.5. The van der Waals surface area contributed by atoms with E-state index >= 15 is 0 Å². The van der Waals surface area contributed by atoms with Crippen LogP contribution >= 0.6 is 0 Å². The lowest BCUT2D eigenvalue weighted by Gasteiger charge is -2.08. The zero-order chi connectivity index (χ0) is 18.9. The van der Waals surface area contributed by atoms with Crippen molar-refractivity contribution in [2.24, 2.45) is 0 Å². The lowest BCUT2D eigenvalue weighted by atomic mass is 10.1. The van der Waals surface area contributed by atoms with E-state index in [1.807, 2.05) is 13.0 Å². The van der Waals surface area contributed by atoms with Crippen molar-refractivity contribution in [1.82, 2.24) is 0 Å². The quantitative estimate of drug-likeness (QED) is 0.517. The molecule has 6 nitrogen and oxygen atoms in total. The standard InChI is InChI=1S/C19H16O6S/c1-12-3-8-16-14(10-18(20)25-17(16)9-12)11-24-19(21)13-4-6-15(7-5-13)26(2,22)23/h3-10H,11H2,1-2H3. The van der Waals surface area contributed by atoms with Crippen LogP contribution in [0.5, 0.6) is 0 Å². The summed E-state index contributed by atoms with van der Waals surface area (Å²) in [6.07, 6.45) is 1.09. The minimum absolute atomic E-state index is 0.0994. The van der Waals surface area contributed by atoms with E-state index in [0.717, 1.165) is 11.8 Å². The summed E-state index contributed by atoms with van der Waals surface area (Å²) in [5.74, 6) is -0.612. The molecular formula is C19H16O6S. The predicted octanol–water partition coefficient (Wildman–Crippen LogP) is 2.86. The molecule has 1 heterocycles. The highest BCUT2D eigenvalue weighted by molar-refractivity contribution is 7.90. The molecule has 0 saturated carbocycles. The monoisotopic (exact) mass is 372 g/mol. The third-order valence-electron chi connectivity index (χ3n) is 3.86. The van der Waals surface area contributed by atoms with Crippen LogP contribution in [0.15, 0.2) is 62.6 Å². The molecule has 7 heteroatoms. The number of carbonyl (C=O) groups is 1. The molecule has 134 valence electrons. The second-order valence-corrected chi connectivity index (χ2v) is 7.98. The van der Waals surface area contributed by atoms with E-state index in [2.05, 4.69) is 0 Å². The van der Waals surface area contributed by atoms with Crippen molar-refractivity contribution in [2.45, 2.75) is 18.4 Å². The van der Waals surface area contributed by atoms with Crippen molar-refractivity contribution in [1.29, 1.82) is 0 Å². The number of esters is 1. The number of aryl methyl sites for hydroxylation is 1. The van der Waals surface area contributed by atoms with E-state index in [9.17, 15) is 18.0 Å². The van der Waals surface area contributed by atoms with Gasteiger partial charge in [-0.15, -0.1) is 0 Å². The van der Waals surface area contributed by atoms with Crippen LogP contribution in [0.1, 0.15) is 21.5 Å². The number of hydrogen-bond donors (Lipinski definition) is 0. The van der Waals surface area contributed by atoms with Gasteiger partial charge in [-0.05, 0) is 42.8 Å². The van der Waals surface area contributed by atoms with Gasteiger partial charge in [0.15, 0.2) is 9.84 Å². The van der Waals surface area contributed by atoms with Crippen LogP contribution in [0.2, 0.25) is 0 Å². The highest BCUT2D eigenvalue weighted by Crippen LogP contribution is 2.20. The van der Waals surface area contributed by atoms with Crippen LogP contribution < -0.4 is 5.63 Å². The first-order valence-electron chi connectivity index (χ1n) is 7.75. The Kier molecular flexibility index (Phi) is 4.65. The van der Waals surface area contributed by atoms with Crippen LogP contribution in [0.3, 0.4) is 0 Å². The molecule has 0 aliphatic rings. The Hall–Kier alpha value is -2.93. The number of rotatable bonds is 4. The summed E-state index contributed by atoms with van der Waals surface area (Å²) in [5, 5.41) is 0.690. The molecule has 0 spiro atoms. The summed E-state index contributed by atoms with van der Waals surface area (Å²) < 4.78 is 33.3. The van der Waals surface area contributed by atoms with Gasteiger partial charge in [0.2, 0.25) is 0 Å². The average Bonchev–Trinajstić information content (AvgIpc) is 2.58. The topological polar surface area (TPSA) is 90.7 Å². The number of ether oxygens (including phenoxy) is 1. The molecule has 0 radical (unpaired) electrons. The molecule has 26 heavy (non-hydrogen) atoms. The van der Waals surface area contributed by atoms with E-state index in [-0.39, 0.29) is 17.1 Å². The third-order valence-corrected chi connectivity index (χ3v) is 4.99. The van der Waals surface area contributed by atoms with Gasteiger partial charge in [-0.1, -0.05) is 12.1 Å². The summed E-state index contributed by atoms with van der Waals surface area (Å²) in [7, 11) is -3.33. The van der Waals surface area contributed by atoms with Crippen LogP contribution in [-0.2, 0) is 21.2 Å². The van der Waals surface area contributed by atoms with Gasteiger partial charge in [-0.3, -0.25) is 0 Å². The largest absolute Gasteiger partial charge is 0.457 e. The zero-order valence-corrected chi connectivity index (χ0v) is 15.0. The molecule has 0 amide bonds. The number of fused-ring (bicyclic) bond motifs is 1. The van der Waals surface area contributed by atoms with Gasteiger partial charge < -0.3 is 9.15 Å². The molecule has 0 saturated heterocycles. The van der Waals surface area contributed by atoms with E-state index < -0.39 is 21.4 Å². The lowest BCUT2D eigenvalue weighted by Crippen LogP contribution is -2.08. The van der Waals surface area contributed by atoms with Crippen molar-refractivity contribution in [3.8, 4) is 0 Å². The van der Waals surface area contributed by atoms with E-state index in [0.29, 0.717) is 16.5 Å². The molecule has 2 aromatic carbocycles.